The Hall–Kier alpha value is -2.47. The summed E-state index contributed by atoms with van der Waals surface area (Å²) in [6.07, 6.45) is 1.29. The van der Waals surface area contributed by atoms with Gasteiger partial charge in [-0.2, -0.15) is 0 Å². The maximum absolute atomic E-state index is 12.7. The molecule has 28 heavy (non-hydrogen) atoms. The van der Waals surface area contributed by atoms with Crippen LogP contribution in [0.15, 0.2) is 59.1 Å². The third-order valence-corrected chi connectivity index (χ3v) is 5.59. The van der Waals surface area contributed by atoms with Crippen LogP contribution < -0.4 is 5.32 Å². The quantitative estimate of drug-likeness (QED) is 0.717. The molecule has 1 aliphatic heterocycles. The van der Waals surface area contributed by atoms with Gasteiger partial charge in [-0.3, -0.25) is 14.4 Å². The number of carbonyl (C=O) groups excluding carboxylic acids is 3. The minimum atomic E-state index is -0.613. The minimum Gasteiger partial charge on any atom is -0.341 e. The van der Waals surface area contributed by atoms with E-state index in [4.69, 9.17) is 0 Å². The van der Waals surface area contributed by atoms with E-state index in [2.05, 4.69) is 21.2 Å². The first-order valence-electron chi connectivity index (χ1n) is 9.40. The van der Waals surface area contributed by atoms with Crippen LogP contribution >= 0.6 is 15.9 Å². The largest absolute Gasteiger partial charge is 0.341 e. The van der Waals surface area contributed by atoms with Crippen LogP contribution in [0.4, 0.5) is 0 Å². The van der Waals surface area contributed by atoms with E-state index >= 15 is 0 Å². The Bertz CT molecular complexity index is 844. The molecule has 0 spiro atoms. The van der Waals surface area contributed by atoms with Gasteiger partial charge >= 0.3 is 0 Å². The van der Waals surface area contributed by atoms with Gasteiger partial charge in [0.25, 0.3) is 5.91 Å². The third kappa shape index (κ3) is 4.87. The lowest BCUT2D eigenvalue weighted by molar-refractivity contribution is -0.134. The first kappa shape index (κ1) is 20.3. The van der Waals surface area contributed by atoms with Crippen molar-refractivity contribution >= 4 is 33.5 Å². The lowest BCUT2D eigenvalue weighted by Crippen LogP contribution is -2.49. The summed E-state index contributed by atoms with van der Waals surface area (Å²) in [6.45, 7) is 2.75. The number of amides is 2. The third-order valence-electron chi connectivity index (χ3n) is 5.06. The van der Waals surface area contributed by atoms with Crippen LogP contribution in [0, 0.1) is 5.92 Å². The Morgan fingerprint density at radius 2 is 1.57 bits per heavy atom. The summed E-state index contributed by atoms with van der Waals surface area (Å²) in [5.74, 6) is -0.304. The molecule has 0 radical (unpaired) electrons. The van der Waals surface area contributed by atoms with Crippen molar-refractivity contribution in [1.82, 2.24) is 10.2 Å². The summed E-state index contributed by atoms with van der Waals surface area (Å²) in [5, 5.41) is 2.76. The number of piperidine rings is 1. The van der Waals surface area contributed by atoms with Crippen molar-refractivity contribution in [2.24, 2.45) is 5.92 Å². The van der Waals surface area contributed by atoms with Crippen LogP contribution in [-0.4, -0.2) is 41.6 Å². The number of nitrogens with zero attached hydrogens (tertiary/aromatic N) is 1. The Kier molecular flexibility index (Phi) is 6.62. The van der Waals surface area contributed by atoms with Crippen molar-refractivity contribution in [2.45, 2.75) is 25.8 Å². The van der Waals surface area contributed by atoms with Crippen molar-refractivity contribution in [3.8, 4) is 0 Å². The van der Waals surface area contributed by atoms with E-state index in [0.717, 1.165) is 10.0 Å². The number of rotatable bonds is 5. The Morgan fingerprint density at radius 3 is 2.18 bits per heavy atom. The van der Waals surface area contributed by atoms with Gasteiger partial charge in [-0.15, -0.1) is 0 Å². The summed E-state index contributed by atoms with van der Waals surface area (Å²) in [7, 11) is 0. The van der Waals surface area contributed by atoms with E-state index < -0.39 is 6.04 Å². The number of hydrogen-bond acceptors (Lipinski definition) is 3. The number of carbonyl (C=O) groups is 3. The Morgan fingerprint density at radius 1 is 0.964 bits per heavy atom. The van der Waals surface area contributed by atoms with Gasteiger partial charge in [-0.25, -0.2) is 0 Å². The second-order valence-corrected chi connectivity index (χ2v) is 7.95. The topological polar surface area (TPSA) is 66.5 Å². The van der Waals surface area contributed by atoms with E-state index in [0.29, 0.717) is 31.5 Å². The van der Waals surface area contributed by atoms with Crippen LogP contribution in [0.2, 0.25) is 0 Å². The molecule has 0 bridgehead atoms. The van der Waals surface area contributed by atoms with E-state index in [1.54, 1.807) is 36.1 Å². The second-order valence-electron chi connectivity index (χ2n) is 7.03. The Balaban J connectivity index is 1.52. The zero-order chi connectivity index (χ0) is 20.1. The van der Waals surface area contributed by atoms with Crippen LogP contribution in [0.5, 0.6) is 0 Å². The minimum absolute atomic E-state index is 0.0564. The maximum Gasteiger partial charge on any atom is 0.251 e. The highest BCUT2D eigenvalue weighted by Gasteiger charge is 2.30. The van der Waals surface area contributed by atoms with Gasteiger partial charge in [0.2, 0.25) is 5.91 Å². The van der Waals surface area contributed by atoms with Gasteiger partial charge in [-0.1, -0.05) is 46.3 Å². The molecule has 1 heterocycles. The fourth-order valence-electron chi connectivity index (χ4n) is 3.42. The molecule has 2 aromatic rings. The molecule has 1 N–H and O–H groups in total. The highest BCUT2D eigenvalue weighted by Crippen LogP contribution is 2.22. The van der Waals surface area contributed by atoms with Crippen molar-refractivity contribution in [3.05, 3.63) is 70.2 Å². The molecule has 0 aromatic heterocycles. The van der Waals surface area contributed by atoms with Gasteiger partial charge in [0.15, 0.2) is 5.78 Å². The van der Waals surface area contributed by atoms with Crippen LogP contribution in [0.1, 0.15) is 40.5 Å². The van der Waals surface area contributed by atoms with Gasteiger partial charge in [0.1, 0.15) is 6.04 Å². The van der Waals surface area contributed by atoms with Crippen molar-refractivity contribution in [2.75, 3.05) is 13.1 Å². The standard InChI is InChI=1S/C22H23BrN2O3/c1-15(24-21(27)18-7-9-19(23)10-8-18)22(28)25-13-11-17(12-14-25)20(26)16-5-3-2-4-6-16/h2-10,15,17H,11-14H2,1H3,(H,24,27). The molecule has 2 aromatic carbocycles. The van der Waals surface area contributed by atoms with Crippen molar-refractivity contribution in [3.63, 3.8) is 0 Å². The summed E-state index contributed by atoms with van der Waals surface area (Å²) < 4.78 is 0.890. The van der Waals surface area contributed by atoms with Gasteiger partial charge in [0.05, 0.1) is 0 Å². The molecular weight excluding hydrogens is 420 g/mol. The predicted octanol–water partition coefficient (Wildman–Crippen LogP) is 3.69. The average Bonchev–Trinajstić information content (AvgIpc) is 2.73. The Labute approximate surface area is 173 Å². The summed E-state index contributed by atoms with van der Waals surface area (Å²) >= 11 is 3.33. The molecule has 0 aliphatic carbocycles. The molecule has 1 fully saturated rings. The monoisotopic (exact) mass is 442 g/mol. The van der Waals surface area contributed by atoms with Gasteiger partial charge in [-0.05, 0) is 44.0 Å². The van der Waals surface area contributed by atoms with Crippen LogP contribution in [-0.2, 0) is 4.79 Å². The highest BCUT2D eigenvalue weighted by atomic mass is 79.9. The molecule has 3 rings (SSSR count). The lowest BCUT2D eigenvalue weighted by atomic mass is 9.88. The molecule has 1 unspecified atom stereocenters. The van der Waals surface area contributed by atoms with E-state index in [1.165, 1.54) is 0 Å². The second kappa shape index (κ2) is 9.15. The summed E-state index contributed by atoms with van der Waals surface area (Å²) in [6, 6.07) is 15.7. The number of halogens is 1. The molecule has 5 nitrogen and oxygen atoms in total. The molecule has 6 heteroatoms. The van der Waals surface area contributed by atoms with E-state index in [9.17, 15) is 14.4 Å². The maximum atomic E-state index is 12.7. The molecule has 2 amide bonds. The molecule has 1 saturated heterocycles. The van der Waals surface area contributed by atoms with Crippen LogP contribution in [0.3, 0.4) is 0 Å². The van der Waals surface area contributed by atoms with Gasteiger partial charge in [0, 0.05) is 34.6 Å². The zero-order valence-corrected chi connectivity index (χ0v) is 17.3. The SMILES string of the molecule is CC(NC(=O)c1ccc(Br)cc1)C(=O)N1CCC(C(=O)c2ccccc2)CC1. The van der Waals surface area contributed by atoms with Crippen molar-refractivity contribution in [1.29, 1.82) is 0 Å². The first-order chi connectivity index (χ1) is 13.5. The molecule has 1 aliphatic rings. The number of hydrogen-bond donors (Lipinski definition) is 1. The normalized spacial score (nSPS) is 15.7. The fourth-order valence-corrected chi connectivity index (χ4v) is 3.68. The number of ketones is 1. The molecule has 1 atom stereocenters. The number of likely N-dealkylation sites (tertiary alicyclic amines) is 1. The number of benzene rings is 2. The molecular formula is C22H23BrN2O3. The van der Waals surface area contributed by atoms with E-state index in [1.807, 2.05) is 30.3 Å². The number of Topliss-reactive ketones (excluding diaryl/α,β-unsaturated/α-hetero) is 1. The van der Waals surface area contributed by atoms with Crippen molar-refractivity contribution < 1.29 is 14.4 Å². The number of nitrogens with one attached hydrogen (secondary N) is 1. The van der Waals surface area contributed by atoms with Crippen LogP contribution in [0.25, 0.3) is 0 Å². The average molecular weight is 443 g/mol. The molecule has 0 saturated carbocycles. The first-order valence-corrected chi connectivity index (χ1v) is 10.2. The summed E-state index contributed by atoms with van der Waals surface area (Å²) in [4.78, 5) is 39.3. The zero-order valence-electron chi connectivity index (χ0n) is 15.7. The fraction of sp³-hybridized carbons (Fsp3) is 0.318. The summed E-state index contributed by atoms with van der Waals surface area (Å²) in [5.41, 5.74) is 1.23. The smallest absolute Gasteiger partial charge is 0.251 e. The van der Waals surface area contributed by atoms with Gasteiger partial charge < -0.3 is 10.2 Å². The van der Waals surface area contributed by atoms with E-state index in [-0.39, 0.29) is 23.5 Å². The molecule has 146 valence electrons. The highest BCUT2D eigenvalue weighted by molar-refractivity contribution is 9.10. The predicted molar refractivity (Wildman–Crippen MR) is 111 cm³/mol. The lowest BCUT2D eigenvalue weighted by Gasteiger charge is -2.33.